The Labute approximate surface area is 184 Å². The number of rotatable bonds is 6. The summed E-state index contributed by atoms with van der Waals surface area (Å²) in [7, 11) is 5.36. The molecule has 1 unspecified atom stereocenters. The minimum absolute atomic E-state index is 0.106. The van der Waals surface area contributed by atoms with Crippen molar-refractivity contribution >= 4 is 28.5 Å². The molecule has 0 spiro atoms. The molecule has 4 rings (SSSR count). The molecule has 0 saturated heterocycles. The molecule has 7 nitrogen and oxygen atoms in total. The molecular formula is C23H23ClN2O5. The Balaban J connectivity index is 1.96. The van der Waals surface area contributed by atoms with Crippen molar-refractivity contribution in [3.63, 3.8) is 0 Å². The molecule has 2 aromatic carbocycles. The average Bonchev–Trinajstić information content (AvgIpc) is 2.97. The Bertz CT molecular complexity index is 1220. The van der Waals surface area contributed by atoms with Gasteiger partial charge in [-0.2, -0.15) is 0 Å². The molecule has 1 N–H and O–H groups in total. The van der Waals surface area contributed by atoms with Crippen LogP contribution in [0.2, 0.25) is 5.02 Å². The zero-order chi connectivity index (χ0) is 22.3. The lowest BCUT2D eigenvalue weighted by Crippen LogP contribution is -2.47. The predicted octanol–water partition coefficient (Wildman–Crippen LogP) is 3.06. The third-order valence-corrected chi connectivity index (χ3v) is 5.73. The molecule has 162 valence electrons. The van der Waals surface area contributed by atoms with E-state index in [4.69, 9.17) is 20.8 Å². The van der Waals surface area contributed by atoms with Gasteiger partial charge in [0, 0.05) is 17.1 Å². The Morgan fingerprint density at radius 3 is 2.68 bits per heavy atom. The lowest BCUT2D eigenvalue weighted by molar-refractivity contribution is -0.0513. The highest BCUT2D eigenvalue weighted by molar-refractivity contribution is 6.31. The van der Waals surface area contributed by atoms with E-state index < -0.39 is 17.1 Å². The highest BCUT2D eigenvalue weighted by atomic mass is 35.5. The molecule has 0 saturated carbocycles. The number of fused-ring (bicyclic) bond motifs is 2. The lowest BCUT2D eigenvalue weighted by Gasteiger charge is -2.34. The smallest absolute Gasteiger partial charge is 0.293 e. The molecule has 0 aliphatic carbocycles. The monoisotopic (exact) mass is 442 g/mol. The molecule has 31 heavy (non-hydrogen) atoms. The van der Waals surface area contributed by atoms with Gasteiger partial charge in [0.25, 0.3) is 5.91 Å². The lowest BCUT2D eigenvalue weighted by atomic mass is 9.94. The van der Waals surface area contributed by atoms with Gasteiger partial charge in [-0.1, -0.05) is 23.7 Å². The predicted molar refractivity (Wildman–Crippen MR) is 118 cm³/mol. The molecule has 0 bridgehead atoms. The number of carbonyl (C=O) groups excluding carboxylic acids is 1. The summed E-state index contributed by atoms with van der Waals surface area (Å²) in [6.45, 7) is 0.929. The third kappa shape index (κ3) is 3.48. The van der Waals surface area contributed by atoms with E-state index >= 15 is 0 Å². The summed E-state index contributed by atoms with van der Waals surface area (Å²) in [6.07, 6.45) is 0.596. The molecule has 1 atom stereocenters. The maximum absolute atomic E-state index is 13.5. The highest BCUT2D eigenvalue weighted by Crippen LogP contribution is 2.42. The van der Waals surface area contributed by atoms with E-state index in [1.165, 1.54) is 18.1 Å². The van der Waals surface area contributed by atoms with Crippen molar-refractivity contribution in [2.75, 3.05) is 34.3 Å². The summed E-state index contributed by atoms with van der Waals surface area (Å²) < 4.78 is 11.1. The number of hydrogen-bond donors (Lipinski definition) is 1. The van der Waals surface area contributed by atoms with E-state index in [1.54, 1.807) is 36.4 Å². The van der Waals surface area contributed by atoms with Gasteiger partial charge >= 0.3 is 0 Å². The number of hydrogen-bond acceptors (Lipinski definition) is 6. The SMILES string of the molecule is COc1cccc(C2(O)c3c(oc4ccc(Cl)cc4c3=O)C(=O)N2CCCN(C)C)c1. The van der Waals surface area contributed by atoms with Crippen molar-refractivity contribution in [3.8, 4) is 5.75 Å². The van der Waals surface area contributed by atoms with Crippen LogP contribution in [0.4, 0.5) is 0 Å². The van der Waals surface area contributed by atoms with Crippen LogP contribution >= 0.6 is 11.6 Å². The van der Waals surface area contributed by atoms with Crippen LogP contribution in [-0.2, 0) is 5.72 Å². The van der Waals surface area contributed by atoms with Gasteiger partial charge in [0.2, 0.25) is 16.9 Å². The number of benzene rings is 2. The number of amides is 1. The summed E-state index contributed by atoms with van der Waals surface area (Å²) in [6, 6.07) is 11.3. The molecule has 1 amide bonds. The summed E-state index contributed by atoms with van der Waals surface area (Å²) in [5.74, 6) is -0.198. The van der Waals surface area contributed by atoms with E-state index in [0.29, 0.717) is 29.3 Å². The van der Waals surface area contributed by atoms with Crippen LogP contribution in [0.5, 0.6) is 5.75 Å². The second kappa shape index (κ2) is 8.00. The Morgan fingerprint density at radius 1 is 1.19 bits per heavy atom. The second-order valence-electron chi connectivity index (χ2n) is 7.79. The Kier molecular flexibility index (Phi) is 5.51. The van der Waals surface area contributed by atoms with Gasteiger partial charge in [-0.3, -0.25) is 14.5 Å². The van der Waals surface area contributed by atoms with E-state index in [1.807, 2.05) is 19.0 Å². The van der Waals surface area contributed by atoms with Gasteiger partial charge in [-0.25, -0.2) is 0 Å². The Hall–Kier alpha value is -2.87. The summed E-state index contributed by atoms with van der Waals surface area (Å²) in [5, 5.41) is 12.5. The number of nitrogens with zero attached hydrogens (tertiary/aromatic N) is 2. The van der Waals surface area contributed by atoms with E-state index in [2.05, 4.69) is 0 Å². The van der Waals surface area contributed by atoms with Crippen molar-refractivity contribution in [2.24, 2.45) is 0 Å². The number of ether oxygens (including phenoxy) is 1. The maximum atomic E-state index is 13.5. The quantitative estimate of drug-likeness (QED) is 0.631. The minimum atomic E-state index is -2.00. The number of aliphatic hydroxyl groups is 1. The molecule has 1 aromatic heterocycles. The maximum Gasteiger partial charge on any atom is 0.293 e. The first-order valence-electron chi connectivity index (χ1n) is 9.87. The van der Waals surface area contributed by atoms with Gasteiger partial charge in [0.05, 0.1) is 12.5 Å². The normalized spacial score (nSPS) is 18.1. The van der Waals surface area contributed by atoms with Crippen LogP contribution in [0.3, 0.4) is 0 Å². The van der Waals surface area contributed by atoms with Gasteiger partial charge in [-0.05, 0) is 57.4 Å². The first kappa shape index (κ1) is 21.4. The fourth-order valence-electron chi connectivity index (χ4n) is 3.99. The zero-order valence-corrected chi connectivity index (χ0v) is 18.3. The van der Waals surface area contributed by atoms with Crippen LogP contribution in [0.25, 0.3) is 11.0 Å². The van der Waals surface area contributed by atoms with Crippen LogP contribution in [-0.4, -0.2) is 55.1 Å². The molecule has 2 heterocycles. The third-order valence-electron chi connectivity index (χ3n) is 5.49. The van der Waals surface area contributed by atoms with E-state index in [-0.39, 0.29) is 28.8 Å². The Morgan fingerprint density at radius 2 is 1.97 bits per heavy atom. The topological polar surface area (TPSA) is 83.2 Å². The number of halogens is 1. The fourth-order valence-corrected chi connectivity index (χ4v) is 4.16. The largest absolute Gasteiger partial charge is 0.497 e. The first-order chi connectivity index (χ1) is 14.8. The van der Waals surface area contributed by atoms with Crippen LogP contribution in [0.15, 0.2) is 51.7 Å². The number of methoxy groups -OCH3 is 1. The molecule has 1 aliphatic heterocycles. The fraction of sp³-hybridized carbons (Fsp3) is 0.304. The molecule has 0 fully saturated rings. The number of carbonyl (C=O) groups is 1. The van der Waals surface area contributed by atoms with Crippen molar-refractivity contribution in [1.82, 2.24) is 9.80 Å². The van der Waals surface area contributed by atoms with Crippen LogP contribution < -0.4 is 10.2 Å². The van der Waals surface area contributed by atoms with E-state index in [0.717, 1.165) is 0 Å². The van der Waals surface area contributed by atoms with Crippen molar-refractivity contribution in [2.45, 2.75) is 12.1 Å². The van der Waals surface area contributed by atoms with Gasteiger partial charge in [-0.15, -0.1) is 0 Å². The molecule has 3 aromatic rings. The molecule has 8 heteroatoms. The van der Waals surface area contributed by atoms with Gasteiger partial charge in [0.1, 0.15) is 16.9 Å². The standard InChI is InChI=1S/C23H23ClN2O5/c1-25(2)10-5-11-26-22(28)21-19(20(27)17-13-15(24)8-9-18(17)31-21)23(26,29)14-6-4-7-16(12-14)30-3/h4,6-9,12-13,29H,5,10-11H2,1-3H3. The minimum Gasteiger partial charge on any atom is -0.497 e. The summed E-state index contributed by atoms with van der Waals surface area (Å²) in [4.78, 5) is 30.1. The van der Waals surface area contributed by atoms with Gasteiger partial charge in [0.15, 0.2) is 0 Å². The van der Waals surface area contributed by atoms with Crippen molar-refractivity contribution in [3.05, 3.63) is 74.6 Å². The second-order valence-corrected chi connectivity index (χ2v) is 8.23. The highest BCUT2D eigenvalue weighted by Gasteiger charge is 2.53. The molecule has 0 radical (unpaired) electrons. The van der Waals surface area contributed by atoms with Crippen LogP contribution in [0, 0.1) is 0 Å². The van der Waals surface area contributed by atoms with Crippen molar-refractivity contribution in [1.29, 1.82) is 0 Å². The zero-order valence-electron chi connectivity index (χ0n) is 17.5. The van der Waals surface area contributed by atoms with Gasteiger partial charge < -0.3 is 19.2 Å². The van der Waals surface area contributed by atoms with Crippen molar-refractivity contribution < 1.29 is 19.1 Å². The average molecular weight is 443 g/mol. The van der Waals surface area contributed by atoms with Crippen LogP contribution in [0.1, 0.15) is 28.1 Å². The summed E-state index contributed by atoms with van der Waals surface area (Å²) >= 11 is 6.08. The molecule has 1 aliphatic rings. The summed E-state index contributed by atoms with van der Waals surface area (Å²) in [5.41, 5.74) is -2.01. The first-order valence-corrected chi connectivity index (χ1v) is 10.3. The van der Waals surface area contributed by atoms with E-state index in [9.17, 15) is 14.7 Å². The molecular weight excluding hydrogens is 420 g/mol.